The average Bonchev–Trinajstić information content (AvgIpc) is 3.05. The molecule has 0 fully saturated rings. The number of nitrogens with zero attached hydrogens (tertiary/aromatic N) is 2. The lowest BCUT2D eigenvalue weighted by atomic mass is 9.98. The number of halogens is 1. The van der Waals surface area contributed by atoms with Crippen LogP contribution >= 0.6 is 15.9 Å². The van der Waals surface area contributed by atoms with Crippen LogP contribution in [-0.2, 0) is 4.79 Å². The third-order valence-corrected chi connectivity index (χ3v) is 6.32. The molecule has 3 aromatic carbocycles. The summed E-state index contributed by atoms with van der Waals surface area (Å²) in [5, 5.41) is 2.40. The zero-order valence-electron chi connectivity index (χ0n) is 16.8. The number of nitrogens with two attached hydrogens (primary N) is 1. The molecular weight excluding hydrogens is 426 g/mol. The molecule has 5 heteroatoms. The van der Waals surface area contributed by atoms with E-state index in [4.69, 9.17) is 5.73 Å². The summed E-state index contributed by atoms with van der Waals surface area (Å²) < 4.78 is 3.31. The van der Waals surface area contributed by atoms with Crippen molar-refractivity contribution in [3.8, 4) is 0 Å². The van der Waals surface area contributed by atoms with E-state index in [1.54, 1.807) is 0 Å². The zero-order valence-corrected chi connectivity index (χ0v) is 18.4. The Morgan fingerprint density at radius 3 is 2.41 bits per heavy atom. The van der Waals surface area contributed by atoms with Crippen LogP contribution in [0.15, 0.2) is 59.1 Å². The number of amides is 1. The molecule has 0 saturated heterocycles. The molecule has 0 atom stereocenters. The first-order valence-corrected chi connectivity index (χ1v) is 10.8. The minimum Gasteiger partial charge on any atom is -0.372 e. The Labute approximate surface area is 179 Å². The third-order valence-electron chi connectivity index (χ3n) is 5.63. The van der Waals surface area contributed by atoms with Gasteiger partial charge in [0.1, 0.15) is 0 Å². The van der Waals surface area contributed by atoms with E-state index in [-0.39, 0.29) is 5.91 Å². The Kier molecular flexibility index (Phi) is 5.41. The second-order valence-corrected chi connectivity index (χ2v) is 8.08. The number of carbonyl (C=O) groups excluding carboxylic acids is 1. The van der Waals surface area contributed by atoms with E-state index in [9.17, 15) is 4.79 Å². The lowest BCUT2D eigenvalue weighted by Crippen LogP contribution is -2.23. The van der Waals surface area contributed by atoms with Crippen molar-refractivity contribution in [3.63, 3.8) is 0 Å². The van der Waals surface area contributed by atoms with E-state index in [0.29, 0.717) is 13.0 Å². The van der Waals surface area contributed by atoms with E-state index in [2.05, 4.69) is 93.9 Å². The molecule has 4 nitrogen and oxygen atoms in total. The minimum absolute atomic E-state index is 0.287. The number of rotatable bonds is 7. The van der Waals surface area contributed by atoms with Crippen molar-refractivity contribution >= 4 is 49.7 Å². The lowest BCUT2D eigenvalue weighted by Gasteiger charge is -2.21. The Morgan fingerprint density at radius 2 is 1.76 bits per heavy atom. The van der Waals surface area contributed by atoms with E-state index in [1.807, 2.05) is 0 Å². The first-order valence-electron chi connectivity index (χ1n) is 10.0. The molecule has 2 N–H and O–H groups in total. The summed E-state index contributed by atoms with van der Waals surface area (Å²) in [7, 11) is 0. The zero-order chi connectivity index (χ0) is 20.5. The van der Waals surface area contributed by atoms with Gasteiger partial charge in [-0.25, -0.2) is 0 Å². The third kappa shape index (κ3) is 3.44. The van der Waals surface area contributed by atoms with Gasteiger partial charge in [0.05, 0.1) is 17.4 Å². The summed E-state index contributed by atoms with van der Waals surface area (Å²) in [6.07, 6.45) is 0.312. The van der Waals surface area contributed by atoms with Crippen molar-refractivity contribution in [1.82, 2.24) is 0 Å². The van der Waals surface area contributed by atoms with Gasteiger partial charge in [0.15, 0.2) is 6.54 Å². The van der Waals surface area contributed by atoms with Crippen molar-refractivity contribution < 1.29 is 9.37 Å². The predicted octanol–water partition coefficient (Wildman–Crippen LogP) is 4.82. The molecule has 1 amide bonds. The highest BCUT2D eigenvalue weighted by molar-refractivity contribution is 9.10. The van der Waals surface area contributed by atoms with Crippen LogP contribution in [0.2, 0.25) is 0 Å². The number of primary amides is 1. The molecule has 0 saturated carbocycles. The maximum atomic E-state index is 11.5. The first-order chi connectivity index (χ1) is 14.0. The summed E-state index contributed by atoms with van der Waals surface area (Å²) >= 11 is 3.69. The summed E-state index contributed by atoms with van der Waals surface area (Å²) in [5.41, 5.74) is 11.3. The summed E-state index contributed by atoms with van der Waals surface area (Å²) in [5.74, 6) is -0.287. The quantitative estimate of drug-likeness (QED) is 0.524. The minimum atomic E-state index is -0.287. The van der Waals surface area contributed by atoms with Crippen LogP contribution in [-0.4, -0.2) is 35.8 Å². The second-order valence-electron chi connectivity index (χ2n) is 7.23. The van der Waals surface area contributed by atoms with E-state index in [1.165, 1.54) is 22.0 Å². The van der Waals surface area contributed by atoms with Gasteiger partial charge in [-0.2, -0.15) is 4.58 Å². The van der Waals surface area contributed by atoms with Crippen LogP contribution in [0, 0.1) is 0 Å². The van der Waals surface area contributed by atoms with Gasteiger partial charge < -0.3 is 10.6 Å². The molecule has 1 aliphatic rings. The van der Waals surface area contributed by atoms with Crippen molar-refractivity contribution in [3.05, 3.63) is 70.2 Å². The van der Waals surface area contributed by atoms with Gasteiger partial charge in [-0.3, -0.25) is 4.79 Å². The molecule has 29 heavy (non-hydrogen) atoms. The van der Waals surface area contributed by atoms with Gasteiger partial charge in [-0.1, -0.05) is 28.1 Å². The van der Waals surface area contributed by atoms with Crippen LogP contribution in [0.5, 0.6) is 0 Å². The molecule has 0 aromatic heterocycles. The second kappa shape index (κ2) is 7.99. The molecule has 0 aliphatic carbocycles. The molecule has 0 bridgehead atoms. The predicted molar refractivity (Wildman–Crippen MR) is 123 cm³/mol. The molecule has 0 spiro atoms. The molecule has 1 aliphatic heterocycles. The number of benzene rings is 3. The molecular formula is C24H25BrN3O+. The van der Waals surface area contributed by atoms with Crippen molar-refractivity contribution in [2.24, 2.45) is 5.73 Å². The highest BCUT2D eigenvalue weighted by atomic mass is 79.9. The maximum Gasteiger partial charge on any atom is 0.223 e. The lowest BCUT2D eigenvalue weighted by molar-refractivity contribution is -0.434. The SMILES string of the molecule is CCN(CC)c1ccc(C2=[N+](CCC(N)=O)c3ccc(Br)c4cccc2c34)cc1. The smallest absolute Gasteiger partial charge is 0.223 e. The van der Waals surface area contributed by atoms with Crippen LogP contribution in [0.25, 0.3) is 10.8 Å². The Balaban J connectivity index is 1.88. The van der Waals surface area contributed by atoms with E-state index < -0.39 is 0 Å². The number of hydrogen-bond donors (Lipinski definition) is 1. The number of anilines is 1. The van der Waals surface area contributed by atoms with Crippen molar-refractivity contribution in [2.75, 3.05) is 24.5 Å². The summed E-state index contributed by atoms with van der Waals surface area (Å²) in [6, 6.07) is 19.3. The largest absolute Gasteiger partial charge is 0.372 e. The first kappa shape index (κ1) is 19.6. The fourth-order valence-electron chi connectivity index (χ4n) is 4.23. The normalized spacial score (nSPS) is 12.7. The topological polar surface area (TPSA) is 49.3 Å². The van der Waals surface area contributed by atoms with Gasteiger partial charge in [0, 0.05) is 40.3 Å². The Hall–Kier alpha value is -2.66. The van der Waals surface area contributed by atoms with Gasteiger partial charge in [-0.15, -0.1) is 0 Å². The highest BCUT2D eigenvalue weighted by Gasteiger charge is 2.33. The van der Waals surface area contributed by atoms with Gasteiger partial charge in [-0.05, 0) is 50.2 Å². The van der Waals surface area contributed by atoms with Crippen LogP contribution in [0.4, 0.5) is 11.4 Å². The van der Waals surface area contributed by atoms with Gasteiger partial charge >= 0.3 is 0 Å². The van der Waals surface area contributed by atoms with Gasteiger partial charge in [0.25, 0.3) is 0 Å². The Bertz CT molecular complexity index is 1110. The standard InChI is InChI=1S/C24H24BrN3O/c1-3-27(4-2)17-10-8-16(9-11-17)24-19-7-5-6-18-20(25)12-13-21(23(18)19)28(24)15-14-22(26)29/h5-13H,3-4,14-15H2,1-2H3,(H-,26,29)/p+1. The van der Waals surface area contributed by atoms with Crippen molar-refractivity contribution in [1.29, 1.82) is 0 Å². The number of hydrogen-bond acceptors (Lipinski definition) is 2. The van der Waals surface area contributed by atoms with Crippen molar-refractivity contribution in [2.45, 2.75) is 20.3 Å². The van der Waals surface area contributed by atoms with Crippen LogP contribution in [0.1, 0.15) is 31.4 Å². The van der Waals surface area contributed by atoms with Crippen LogP contribution in [0.3, 0.4) is 0 Å². The number of carbonyl (C=O) groups is 1. The molecule has 3 aromatic rings. The molecule has 4 rings (SSSR count). The monoisotopic (exact) mass is 450 g/mol. The maximum absolute atomic E-state index is 11.5. The van der Waals surface area contributed by atoms with E-state index >= 15 is 0 Å². The van der Waals surface area contributed by atoms with Crippen LogP contribution < -0.4 is 10.6 Å². The molecule has 148 valence electrons. The highest BCUT2D eigenvalue weighted by Crippen LogP contribution is 2.40. The fourth-order valence-corrected chi connectivity index (χ4v) is 4.69. The fraction of sp³-hybridized carbons (Fsp3) is 0.250. The van der Waals surface area contributed by atoms with Gasteiger partial charge in [0.2, 0.25) is 17.3 Å². The molecule has 1 heterocycles. The van der Waals surface area contributed by atoms with E-state index in [0.717, 1.165) is 34.5 Å². The Morgan fingerprint density at radius 1 is 1.03 bits per heavy atom. The average molecular weight is 451 g/mol. The molecule has 0 radical (unpaired) electrons. The summed E-state index contributed by atoms with van der Waals surface area (Å²) in [4.78, 5) is 13.9. The molecule has 0 unspecified atom stereocenters. The summed E-state index contributed by atoms with van der Waals surface area (Å²) in [6.45, 7) is 6.87.